The number of amides is 2. The largest absolute Gasteiger partial charge is 0.494 e. The highest BCUT2D eigenvalue weighted by atomic mass is 32.2. The fourth-order valence-electron chi connectivity index (χ4n) is 4.48. The molecule has 0 unspecified atom stereocenters. The summed E-state index contributed by atoms with van der Waals surface area (Å²) in [6.45, 7) is 11.0. The third-order valence-electron chi connectivity index (χ3n) is 6.60. The lowest BCUT2D eigenvalue weighted by Gasteiger charge is -2.35. The van der Waals surface area contributed by atoms with Gasteiger partial charge in [0.25, 0.3) is 10.0 Å². The zero-order valence-corrected chi connectivity index (χ0v) is 25.9. The van der Waals surface area contributed by atoms with E-state index in [2.05, 4.69) is 5.32 Å². The molecule has 0 spiro atoms. The van der Waals surface area contributed by atoms with E-state index in [0.29, 0.717) is 18.8 Å². The number of ether oxygens (including phenoxy) is 1. The van der Waals surface area contributed by atoms with Crippen LogP contribution in [-0.2, 0) is 26.2 Å². The monoisotopic (exact) mass is 597 g/mol. The van der Waals surface area contributed by atoms with E-state index in [0.717, 1.165) is 27.6 Å². The van der Waals surface area contributed by atoms with Crippen molar-refractivity contribution >= 4 is 27.5 Å². The Morgan fingerprint density at radius 2 is 1.57 bits per heavy atom. The standard InChI is InChI=1S/C32H40FN3O5S/c1-7-29(31(38)34-32(4,5)6)35(21-24-12-10-9-11-23(24)3)30(37)22-36(26-15-13-25(33)14-16-26)42(39,40)28-19-17-27(18-20-28)41-8-2/h9-20,29H,7-8,21-22H2,1-6H3,(H,34,38)/t29-/m0/s1. The Balaban J connectivity index is 2.07. The SMILES string of the molecule is CCOc1ccc(S(=O)(=O)N(CC(=O)N(Cc2ccccc2C)[C@@H](CC)C(=O)NC(C)(C)C)c2ccc(F)cc2)cc1. The fraction of sp³-hybridized carbons (Fsp3) is 0.375. The van der Waals surface area contributed by atoms with Crippen molar-refractivity contribution in [3.05, 3.63) is 89.7 Å². The zero-order valence-electron chi connectivity index (χ0n) is 25.1. The summed E-state index contributed by atoms with van der Waals surface area (Å²) in [6.07, 6.45) is 0.307. The molecule has 3 aromatic carbocycles. The second-order valence-corrected chi connectivity index (χ2v) is 12.9. The summed E-state index contributed by atoms with van der Waals surface area (Å²) in [6, 6.07) is 17.4. The van der Waals surface area contributed by atoms with Gasteiger partial charge in [0.1, 0.15) is 24.2 Å². The summed E-state index contributed by atoms with van der Waals surface area (Å²) in [5.41, 5.74) is 1.33. The van der Waals surface area contributed by atoms with E-state index in [9.17, 15) is 22.4 Å². The molecule has 10 heteroatoms. The van der Waals surface area contributed by atoms with Gasteiger partial charge in [0.2, 0.25) is 11.8 Å². The Kier molecular flexibility index (Phi) is 10.7. The number of hydrogen-bond acceptors (Lipinski definition) is 5. The van der Waals surface area contributed by atoms with Gasteiger partial charge in [0, 0.05) is 12.1 Å². The number of halogens is 1. The molecule has 1 N–H and O–H groups in total. The van der Waals surface area contributed by atoms with Gasteiger partial charge >= 0.3 is 0 Å². The summed E-state index contributed by atoms with van der Waals surface area (Å²) >= 11 is 0. The Bertz CT molecular complexity index is 1470. The van der Waals surface area contributed by atoms with E-state index < -0.39 is 39.9 Å². The van der Waals surface area contributed by atoms with Crippen LogP contribution in [0, 0.1) is 12.7 Å². The first-order valence-corrected chi connectivity index (χ1v) is 15.4. The Labute approximate surface area is 248 Å². The van der Waals surface area contributed by atoms with Crippen LogP contribution in [-0.4, -0.2) is 49.9 Å². The number of carbonyl (C=O) groups is 2. The summed E-state index contributed by atoms with van der Waals surface area (Å²) in [5.74, 6) is -0.960. The molecule has 0 aliphatic rings. The Hall–Kier alpha value is -3.92. The van der Waals surface area contributed by atoms with Crippen molar-refractivity contribution in [1.29, 1.82) is 0 Å². The quantitative estimate of drug-likeness (QED) is 0.300. The van der Waals surface area contributed by atoms with Crippen LogP contribution in [0.5, 0.6) is 5.75 Å². The number of rotatable bonds is 12. The molecule has 0 bridgehead atoms. The van der Waals surface area contributed by atoms with Crippen LogP contribution in [0.1, 0.15) is 52.2 Å². The van der Waals surface area contributed by atoms with Crippen LogP contribution in [0.15, 0.2) is 77.7 Å². The van der Waals surface area contributed by atoms with Crippen molar-refractivity contribution < 1.29 is 27.1 Å². The van der Waals surface area contributed by atoms with Crippen molar-refractivity contribution in [1.82, 2.24) is 10.2 Å². The van der Waals surface area contributed by atoms with Gasteiger partial charge in [-0.15, -0.1) is 0 Å². The maximum absolute atomic E-state index is 14.1. The molecule has 226 valence electrons. The molecule has 0 saturated heterocycles. The molecule has 2 amide bonds. The Morgan fingerprint density at radius 1 is 0.952 bits per heavy atom. The zero-order chi connectivity index (χ0) is 31.1. The highest BCUT2D eigenvalue weighted by Gasteiger charge is 2.34. The minimum atomic E-state index is -4.28. The minimum Gasteiger partial charge on any atom is -0.494 e. The number of sulfonamides is 1. The Morgan fingerprint density at radius 3 is 2.12 bits per heavy atom. The van der Waals surface area contributed by atoms with Gasteiger partial charge in [-0.1, -0.05) is 31.2 Å². The van der Waals surface area contributed by atoms with Crippen molar-refractivity contribution in [3.63, 3.8) is 0 Å². The molecule has 3 aromatic rings. The highest BCUT2D eigenvalue weighted by Crippen LogP contribution is 2.27. The predicted octanol–water partition coefficient (Wildman–Crippen LogP) is 5.45. The molecule has 42 heavy (non-hydrogen) atoms. The van der Waals surface area contributed by atoms with Crippen molar-refractivity contribution in [2.45, 2.75) is 71.0 Å². The van der Waals surface area contributed by atoms with Crippen LogP contribution in [0.25, 0.3) is 0 Å². The average molecular weight is 598 g/mol. The first-order chi connectivity index (χ1) is 19.8. The lowest BCUT2D eigenvalue weighted by molar-refractivity contribution is -0.141. The van der Waals surface area contributed by atoms with Gasteiger partial charge < -0.3 is 15.0 Å². The number of benzene rings is 3. The van der Waals surface area contributed by atoms with Crippen molar-refractivity contribution in [2.24, 2.45) is 0 Å². The molecule has 0 aromatic heterocycles. The number of carbonyl (C=O) groups excluding carboxylic acids is 2. The number of anilines is 1. The third-order valence-corrected chi connectivity index (χ3v) is 8.39. The molecular weight excluding hydrogens is 557 g/mol. The topological polar surface area (TPSA) is 96.0 Å². The molecule has 0 aliphatic carbocycles. The van der Waals surface area contributed by atoms with Crippen LogP contribution in [0.3, 0.4) is 0 Å². The minimum absolute atomic E-state index is 0.0638. The number of aryl methyl sites for hydroxylation is 1. The molecule has 0 fully saturated rings. The number of nitrogens with one attached hydrogen (secondary N) is 1. The molecule has 0 aliphatic heterocycles. The smallest absolute Gasteiger partial charge is 0.264 e. The second-order valence-electron chi connectivity index (χ2n) is 11.0. The average Bonchev–Trinajstić information content (AvgIpc) is 2.92. The van der Waals surface area contributed by atoms with Crippen molar-refractivity contribution in [3.8, 4) is 5.75 Å². The van der Waals surface area contributed by atoms with Gasteiger partial charge in [-0.3, -0.25) is 13.9 Å². The van der Waals surface area contributed by atoms with Crippen LogP contribution >= 0.6 is 0 Å². The second kappa shape index (κ2) is 13.8. The van der Waals surface area contributed by atoms with E-state index in [-0.39, 0.29) is 23.0 Å². The van der Waals surface area contributed by atoms with E-state index >= 15 is 0 Å². The summed E-state index contributed by atoms with van der Waals surface area (Å²) in [5, 5.41) is 2.95. The summed E-state index contributed by atoms with van der Waals surface area (Å²) in [4.78, 5) is 28.9. The summed E-state index contributed by atoms with van der Waals surface area (Å²) < 4.78 is 48.1. The van der Waals surface area contributed by atoms with E-state index in [1.807, 2.05) is 58.9 Å². The van der Waals surface area contributed by atoms with Gasteiger partial charge in [-0.25, -0.2) is 12.8 Å². The lowest BCUT2D eigenvalue weighted by atomic mass is 10.0. The molecular formula is C32H40FN3O5S. The van der Waals surface area contributed by atoms with Crippen LogP contribution in [0.2, 0.25) is 0 Å². The molecule has 3 rings (SSSR count). The van der Waals surface area contributed by atoms with Gasteiger partial charge in [0.05, 0.1) is 17.2 Å². The fourth-order valence-corrected chi connectivity index (χ4v) is 5.90. The maximum atomic E-state index is 14.1. The molecule has 0 heterocycles. The van der Waals surface area contributed by atoms with Crippen LogP contribution < -0.4 is 14.4 Å². The molecule has 8 nitrogen and oxygen atoms in total. The van der Waals surface area contributed by atoms with E-state index in [1.54, 1.807) is 6.92 Å². The van der Waals surface area contributed by atoms with Gasteiger partial charge in [0.15, 0.2) is 0 Å². The third kappa shape index (κ3) is 8.31. The van der Waals surface area contributed by atoms with Crippen molar-refractivity contribution in [2.75, 3.05) is 17.5 Å². The first kappa shape index (κ1) is 32.6. The maximum Gasteiger partial charge on any atom is 0.264 e. The summed E-state index contributed by atoms with van der Waals surface area (Å²) in [7, 11) is -4.28. The molecule has 1 atom stereocenters. The van der Waals surface area contributed by atoms with Gasteiger partial charge in [-0.2, -0.15) is 0 Å². The van der Waals surface area contributed by atoms with Gasteiger partial charge in [-0.05, 0) is 101 Å². The molecule has 0 radical (unpaired) electrons. The predicted molar refractivity (Wildman–Crippen MR) is 162 cm³/mol. The number of nitrogens with zero attached hydrogens (tertiary/aromatic N) is 2. The normalized spacial score (nSPS) is 12.4. The number of hydrogen-bond donors (Lipinski definition) is 1. The first-order valence-electron chi connectivity index (χ1n) is 13.9. The molecule has 0 saturated carbocycles. The van der Waals surface area contributed by atoms with Crippen LogP contribution in [0.4, 0.5) is 10.1 Å². The van der Waals surface area contributed by atoms with E-state index in [1.165, 1.54) is 41.3 Å². The highest BCUT2D eigenvalue weighted by molar-refractivity contribution is 7.92. The lowest BCUT2D eigenvalue weighted by Crippen LogP contribution is -2.55. The van der Waals surface area contributed by atoms with E-state index in [4.69, 9.17) is 4.74 Å².